The zero-order valence-corrected chi connectivity index (χ0v) is 10.7. The number of aryl methyl sites for hydroxylation is 1. The summed E-state index contributed by atoms with van der Waals surface area (Å²) in [6.45, 7) is 3.68. The molecule has 0 saturated carbocycles. The predicted molar refractivity (Wildman–Crippen MR) is 71.2 cm³/mol. The van der Waals surface area contributed by atoms with Crippen molar-refractivity contribution in [2.24, 2.45) is 0 Å². The maximum absolute atomic E-state index is 13.2. The summed E-state index contributed by atoms with van der Waals surface area (Å²) in [6.07, 6.45) is 0. The van der Waals surface area contributed by atoms with Gasteiger partial charge in [-0.2, -0.15) is 0 Å². The van der Waals surface area contributed by atoms with Crippen molar-refractivity contribution in [3.05, 3.63) is 59.2 Å². The number of aromatic hydroxyl groups is 1. The van der Waals surface area contributed by atoms with Crippen LogP contribution < -0.4 is 5.32 Å². The van der Waals surface area contributed by atoms with Gasteiger partial charge in [0.15, 0.2) is 0 Å². The number of hydrogen-bond acceptors (Lipinski definition) is 2. The highest BCUT2D eigenvalue weighted by Gasteiger charge is 2.12. The largest absolute Gasteiger partial charge is 0.507 e. The van der Waals surface area contributed by atoms with Gasteiger partial charge < -0.3 is 10.4 Å². The Morgan fingerprint density at radius 3 is 2.37 bits per heavy atom. The first-order valence-electron chi connectivity index (χ1n) is 5.98. The third-order valence-electron chi connectivity index (χ3n) is 3.03. The fourth-order valence-corrected chi connectivity index (χ4v) is 1.94. The van der Waals surface area contributed by atoms with Crippen molar-refractivity contribution in [3.8, 4) is 5.75 Å². The van der Waals surface area contributed by atoms with Crippen LogP contribution in [0.1, 0.15) is 24.1 Å². The summed E-state index contributed by atoms with van der Waals surface area (Å²) in [6, 6.07) is 8.05. The van der Waals surface area contributed by atoms with E-state index in [1.54, 1.807) is 6.07 Å². The van der Waals surface area contributed by atoms with Gasteiger partial charge in [-0.1, -0.05) is 12.1 Å². The molecule has 2 aromatic rings. The van der Waals surface area contributed by atoms with Gasteiger partial charge in [0.2, 0.25) is 0 Å². The molecule has 2 rings (SSSR count). The van der Waals surface area contributed by atoms with E-state index in [-0.39, 0.29) is 17.6 Å². The number of phenols is 1. The molecule has 0 heterocycles. The van der Waals surface area contributed by atoms with Crippen molar-refractivity contribution in [2.45, 2.75) is 19.9 Å². The molecular formula is C15H15F2NO. The maximum Gasteiger partial charge on any atom is 0.126 e. The van der Waals surface area contributed by atoms with Crippen LogP contribution in [0.3, 0.4) is 0 Å². The van der Waals surface area contributed by atoms with Crippen LogP contribution in [0, 0.1) is 18.6 Å². The summed E-state index contributed by atoms with van der Waals surface area (Å²) in [5.74, 6) is -0.937. The number of anilines is 1. The van der Waals surface area contributed by atoms with E-state index in [9.17, 15) is 13.9 Å². The Labute approximate surface area is 110 Å². The van der Waals surface area contributed by atoms with Crippen molar-refractivity contribution in [1.29, 1.82) is 0 Å². The normalized spacial score (nSPS) is 12.2. The highest BCUT2D eigenvalue weighted by molar-refractivity contribution is 5.53. The van der Waals surface area contributed by atoms with E-state index in [1.807, 2.05) is 13.8 Å². The summed E-state index contributed by atoms with van der Waals surface area (Å²) < 4.78 is 26.1. The minimum absolute atomic E-state index is 0.117. The zero-order valence-electron chi connectivity index (χ0n) is 10.7. The van der Waals surface area contributed by atoms with Crippen molar-refractivity contribution >= 4 is 5.69 Å². The van der Waals surface area contributed by atoms with Gasteiger partial charge in [-0.3, -0.25) is 0 Å². The molecule has 0 bridgehead atoms. The minimum atomic E-state index is -0.490. The average Bonchev–Trinajstić information content (AvgIpc) is 2.33. The Morgan fingerprint density at radius 2 is 1.68 bits per heavy atom. The molecule has 0 aliphatic rings. The summed E-state index contributed by atoms with van der Waals surface area (Å²) in [5, 5.41) is 12.8. The van der Waals surface area contributed by atoms with E-state index in [0.29, 0.717) is 11.3 Å². The van der Waals surface area contributed by atoms with E-state index in [2.05, 4.69) is 5.32 Å². The molecule has 2 nitrogen and oxygen atoms in total. The molecule has 0 saturated heterocycles. The van der Waals surface area contributed by atoms with Gasteiger partial charge in [0, 0.05) is 17.3 Å². The predicted octanol–water partition coefficient (Wildman–Crippen LogP) is 4.15. The first-order chi connectivity index (χ1) is 8.97. The van der Waals surface area contributed by atoms with E-state index in [1.165, 1.54) is 24.3 Å². The van der Waals surface area contributed by atoms with Crippen LogP contribution in [-0.4, -0.2) is 5.11 Å². The molecular weight excluding hydrogens is 248 g/mol. The molecule has 0 aromatic heterocycles. The fraction of sp³-hybridized carbons (Fsp3) is 0.200. The zero-order chi connectivity index (χ0) is 14.0. The number of phenolic OH excluding ortho intramolecular Hbond substituents is 1. The highest BCUT2D eigenvalue weighted by atomic mass is 19.1. The van der Waals surface area contributed by atoms with E-state index in [0.717, 1.165) is 11.6 Å². The first-order valence-corrected chi connectivity index (χ1v) is 5.98. The number of halogens is 2. The quantitative estimate of drug-likeness (QED) is 0.871. The van der Waals surface area contributed by atoms with Gasteiger partial charge in [-0.15, -0.1) is 0 Å². The minimum Gasteiger partial charge on any atom is -0.507 e. The standard InChI is InChI=1S/C15H15F2NO/c1-9-3-4-11(16)7-14(9)18-10(2)13-6-5-12(17)8-15(13)19/h3-8,10,18-19H,1-2H3. The maximum atomic E-state index is 13.2. The molecule has 19 heavy (non-hydrogen) atoms. The van der Waals surface area contributed by atoms with Crippen molar-refractivity contribution in [2.75, 3.05) is 5.32 Å². The Kier molecular flexibility index (Phi) is 3.69. The van der Waals surface area contributed by atoms with Crippen LogP contribution in [-0.2, 0) is 0 Å². The summed E-state index contributed by atoms with van der Waals surface area (Å²) in [7, 11) is 0. The van der Waals surface area contributed by atoms with E-state index < -0.39 is 5.82 Å². The molecule has 1 unspecified atom stereocenters. The summed E-state index contributed by atoms with van der Waals surface area (Å²) in [5.41, 5.74) is 2.11. The highest BCUT2D eigenvalue weighted by Crippen LogP contribution is 2.28. The van der Waals surface area contributed by atoms with Crippen molar-refractivity contribution < 1.29 is 13.9 Å². The first kappa shape index (κ1) is 13.3. The smallest absolute Gasteiger partial charge is 0.126 e. The second kappa shape index (κ2) is 5.26. The molecule has 0 amide bonds. The van der Waals surface area contributed by atoms with Crippen molar-refractivity contribution in [3.63, 3.8) is 0 Å². The topological polar surface area (TPSA) is 32.3 Å². The Balaban J connectivity index is 2.25. The molecule has 0 radical (unpaired) electrons. The van der Waals surface area contributed by atoms with Gasteiger partial charge in [0.05, 0.1) is 6.04 Å². The van der Waals surface area contributed by atoms with E-state index >= 15 is 0 Å². The third-order valence-corrected chi connectivity index (χ3v) is 3.03. The molecule has 0 aliphatic heterocycles. The fourth-order valence-electron chi connectivity index (χ4n) is 1.94. The van der Waals surface area contributed by atoms with Crippen LogP contribution >= 0.6 is 0 Å². The Bertz CT molecular complexity index is 599. The van der Waals surface area contributed by atoms with Gasteiger partial charge in [-0.25, -0.2) is 8.78 Å². The van der Waals surface area contributed by atoms with Gasteiger partial charge in [-0.05, 0) is 37.6 Å². The van der Waals surface area contributed by atoms with Crippen LogP contribution in [0.25, 0.3) is 0 Å². The molecule has 4 heteroatoms. The van der Waals surface area contributed by atoms with Crippen LogP contribution in [0.15, 0.2) is 36.4 Å². The number of rotatable bonds is 3. The Morgan fingerprint density at radius 1 is 1.05 bits per heavy atom. The molecule has 0 aliphatic carbocycles. The molecule has 0 spiro atoms. The lowest BCUT2D eigenvalue weighted by Crippen LogP contribution is -2.08. The van der Waals surface area contributed by atoms with Gasteiger partial charge in [0.25, 0.3) is 0 Å². The van der Waals surface area contributed by atoms with Crippen LogP contribution in [0.4, 0.5) is 14.5 Å². The van der Waals surface area contributed by atoms with Gasteiger partial charge in [0.1, 0.15) is 17.4 Å². The second-order valence-corrected chi connectivity index (χ2v) is 4.53. The monoisotopic (exact) mass is 263 g/mol. The number of hydrogen-bond donors (Lipinski definition) is 2. The second-order valence-electron chi connectivity index (χ2n) is 4.53. The summed E-state index contributed by atoms with van der Waals surface area (Å²) in [4.78, 5) is 0. The molecule has 2 aromatic carbocycles. The molecule has 0 fully saturated rings. The summed E-state index contributed by atoms with van der Waals surface area (Å²) >= 11 is 0. The Hall–Kier alpha value is -2.10. The molecule has 2 N–H and O–H groups in total. The lowest BCUT2D eigenvalue weighted by atomic mass is 10.1. The van der Waals surface area contributed by atoms with Crippen molar-refractivity contribution in [1.82, 2.24) is 0 Å². The third kappa shape index (κ3) is 3.02. The van der Waals surface area contributed by atoms with Gasteiger partial charge >= 0.3 is 0 Å². The molecule has 1 atom stereocenters. The lowest BCUT2D eigenvalue weighted by molar-refractivity contribution is 0.459. The van der Waals surface area contributed by atoms with Crippen LogP contribution in [0.2, 0.25) is 0 Å². The van der Waals surface area contributed by atoms with E-state index in [4.69, 9.17) is 0 Å². The SMILES string of the molecule is Cc1ccc(F)cc1NC(C)c1ccc(F)cc1O. The number of benzene rings is 2. The van der Waals surface area contributed by atoms with Crippen LogP contribution in [0.5, 0.6) is 5.75 Å². The number of nitrogens with one attached hydrogen (secondary N) is 1. The molecule has 100 valence electrons. The average molecular weight is 263 g/mol. The lowest BCUT2D eigenvalue weighted by Gasteiger charge is -2.18.